The number of aromatic nitrogens is 3. The van der Waals surface area contributed by atoms with E-state index < -0.39 is 0 Å². The van der Waals surface area contributed by atoms with Crippen molar-refractivity contribution in [3.05, 3.63) is 83.2 Å². The van der Waals surface area contributed by atoms with Gasteiger partial charge in [0, 0.05) is 38.3 Å². The molecule has 38 heavy (non-hydrogen) atoms. The minimum atomic E-state index is -0.254. The summed E-state index contributed by atoms with van der Waals surface area (Å²) in [5.74, 6) is 1.29. The fraction of sp³-hybridized carbons (Fsp3) is 0.214. The molecule has 10 heteroatoms. The lowest BCUT2D eigenvalue weighted by molar-refractivity contribution is 0.0991. The van der Waals surface area contributed by atoms with Crippen molar-refractivity contribution in [2.45, 2.75) is 13.5 Å². The van der Waals surface area contributed by atoms with Gasteiger partial charge in [0.25, 0.3) is 11.8 Å². The number of carbonyl (C=O) groups excluding carboxylic acids is 2. The van der Waals surface area contributed by atoms with Gasteiger partial charge < -0.3 is 18.8 Å². The molecule has 0 fully saturated rings. The van der Waals surface area contributed by atoms with Crippen molar-refractivity contribution >= 4 is 45.8 Å². The topological polar surface area (TPSA) is 96.5 Å². The first-order chi connectivity index (χ1) is 18.3. The van der Waals surface area contributed by atoms with Crippen LogP contribution in [0.25, 0.3) is 21.7 Å². The largest absolute Gasteiger partial charge is 0.440 e. The number of fused-ring (bicyclic) bond motifs is 1. The molecule has 0 aliphatic heterocycles. The summed E-state index contributed by atoms with van der Waals surface area (Å²) in [6.45, 7) is 3.17. The predicted octanol–water partition coefficient (Wildman–Crippen LogP) is 5.15. The fourth-order valence-corrected chi connectivity index (χ4v) is 4.92. The number of imidazole rings is 1. The Balaban J connectivity index is 1.44. The molecule has 0 spiro atoms. The highest BCUT2D eigenvalue weighted by Crippen LogP contribution is 2.30. The van der Waals surface area contributed by atoms with Gasteiger partial charge in [0.05, 0.1) is 27.0 Å². The minimum absolute atomic E-state index is 0.110. The third-order valence-electron chi connectivity index (χ3n) is 6.13. The van der Waals surface area contributed by atoms with Crippen LogP contribution in [0.15, 0.2) is 71.3 Å². The number of thiophene rings is 1. The van der Waals surface area contributed by atoms with Crippen LogP contribution in [0.1, 0.15) is 25.9 Å². The van der Waals surface area contributed by atoms with Crippen molar-refractivity contribution in [3.63, 3.8) is 0 Å². The highest BCUT2D eigenvalue weighted by Gasteiger charge is 2.19. The molecule has 0 atom stereocenters. The zero-order valence-electron chi connectivity index (χ0n) is 21.6. The summed E-state index contributed by atoms with van der Waals surface area (Å²) >= 11 is 1.33. The smallest absolute Gasteiger partial charge is 0.268 e. The van der Waals surface area contributed by atoms with Crippen molar-refractivity contribution < 1.29 is 14.0 Å². The molecule has 0 bridgehead atoms. The monoisotopic (exact) mass is 528 g/mol. The number of benzene rings is 2. The van der Waals surface area contributed by atoms with Crippen LogP contribution in [0, 0.1) is 6.92 Å². The molecule has 5 rings (SSSR count). The van der Waals surface area contributed by atoms with Gasteiger partial charge in [0.2, 0.25) is 5.95 Å². The highest BCUT2D eigenvalue weighted by molar-refractivity contribution is 7.17. The Bertz CT molecular complexity index is 1600. The molecule has 0 saturated carbocycles. The first-order valence-corrected chi connectivity index (χ1v) is 12.9. The van der Waals surface area contributed by atoms with Crippen LogP contribution >= 0.6 is 11.3 Å². The zero-order valence-corrected chi connectivity index (χ0v) is 22.5. The van der Waals surface area contributed by atoms with Crippen LogP contribution in [0.4, 0.5) is 11.6 Å². The summed E-state index contributed by atoms with van der Waals surface area (Å²) in [5.41, 5.74) is 2.88. The van der Waals surface area contributed by atoms with Gasteiger partial charge in [-0.2, -0.15) is 0 Å². The summed E-state index contributed by atoms with van der Waals surface area (Å²) in [7, 11) is 5.74. The molecule has 194 valence electrons. The third-order valence-corrected chi connectivity index (χ3v) is 7.23. The molecule has 1 N–H and O–H groups in total. The van der Waals surface area contributed by atoms with Crippen molar-refractivity contribution in [3.8, 4) is 10.6 Å². The second-order valence-electron chi connectivity index (χ2n) is 9.16. The Morgan fingerprint density at radius 1 is 1.05 bits per heavy atom. The molecule has 0 unspecified atom stereocenters. The average Bonchev–Trinajstić information content (AvgIpc) is 3.65. The maximum Gasteiger partial charge on any atom is 0.268 e. The Morgan fingerprint density at radius 2 is 1.84 bits per heavy atom. The Labute approximate surface area is 224 Å². The lowest BCUT2D eigenvalue weighted by atomic mass is 10.2. The summed E-state index contributed by atoms with van der Waals surface area (Å²) < 4.78 is 7.58. The number of aryl methyl sites for hydroxylation is 1. The summed E-state index contributed by atoms with van der Waals surface area (Å²) in [6.07, 6.45) is 1.65. The van der Waals surface area contributed by atoms with E-state index in [2.05, 4.69) is 15.2 Å². The van der Waals surface area contributed by atoms with Crippen LogP contribution in [0.5, 0.6) is 0 Å². The molecule has 0 aliphatic carbocycles. The number of anilines is 2. The zero-order chi connectivity index (χ0) is 26.8. The van der Waals surface area contributed by atoms with Gasteiger partial charge in [-0.25, -0.2) is 9.97 Å². The van der Waals surface area contributed by atoms with Crippen molar-refractivity contribution in [1.82, 2.24) is 19.4 Å². The van der Waals surface area contributed by atoms with Gasteiger partial charge in [-0.3, -0.25) is 14.9 Å². The third kappa shape index (κ3) is 5.22. The number of hydrogen-bond acceptors (Lipinski definition) is 7. The number of nitrogens with zero attached hydrogens (tertiary/aromatic N) is 5. The second-order valence-corrected chi connectivity index (χ2v) is 10.2. The maximum absolute atomic E-state index is 13.2. The molecule has 9 nitrogen and oxygen atoms in total. The van der Waals surface area contributed by atoms with Crippen LogP contribution in [0.2, 0.25) is 0 Å². The van der Waals surface area contributed by atoms with Gasteiger partial charge in [0.15, 0.2) is 11.7 Å². The van der Waals surface area contributed by atoms with E-state index >= 15 is 0 Å². The van der Waals surface area contributed by atoms with Crippen molar-refractivity contribution in [2.75, 3.05) is 37.9 Å². The fourth-order valence-electron chi connectivity index (χ4n) is 4.07. The van der Waals surface area contributed by atoms with E-state index in [4.69, 9.17) is 9.40 Å². The summed E-state index contributed by atoms with van der Waals surface area (Å²) in [5, 5.41) is 2.99. The number of hydrogen-bond donors (Lipinski definition) is 1. The molecule has 0 radical (unpaired) electrons. The van der Waals surface area contributed by atoms with E-state index in [1.807, 2.05) is 61.1 Å². The van der Waals surface area contributed by atoms with E-state index in [0.717, 1.165) is 16.9 Å². The number of carbonyl (C=O) groups is 2. The van der Waals surface area contributed by atoms with E-state index in [9.17, 15) is 9.59 Å². The molecule has 2 amide bonds. The van der Waals surface area contributed by atoms with E-state index in [1.165, 1.54) is 11.3 Å². The van der Waals surface area contributed by atoms with Gasteiger partial charge in [-0.1, -0.05) is 18.2 Å². The molecule has 3 heterocycles. The minimum Gasteiger partial charge on any atom is -0.440 e. The Kier molecular flexibility index (Phi) is 7.08. The van der Waals surface area contributed by atoms with Gasteiger partial charge in [-0.15, -0.1) is 11.3 Å². The normalized spacial score (nSPS) is 11.3. The lowest BCUT2D eigenvalue weighted by Crippen LogP contribution is -2.26. The van der Waals surface area contributed by atoms with E-state index in [1.54, 1.807) is 43.3 Å². The Morgan fingerprint density at radius 3 is 2.55 bits per heavy atom. The van der Waals surface area contributed by atoms with Gasteiger partial charge in [0.1, 0.15) is 0 Å². The van der Waals surface area contributed by atoms with E-state index in [-0.39, 0.29) is 11.8 Å². The maximum atomic E-state index is 13.2. The van der Waals surface area contributed by atoms with Crippen LogP contribution in [0.3, 0.4) is 0 Å². The number of oxazole rings is 1. The summed E-state index contributed by atoms with van der Waals surface area (Å²) in [4.78, 5) is 40.1. The second kappa shape index (κ2) is 10.6. The van der Waals surface area contributed by atoms with E-state index in [0.29, 0.717) is 45.8 Å². The number of amides is 2. The van der Waals surface area contributed by atoms with Crippen LogP contribution in [-0.2, 0) is 6.54 Å². The molecular formula is C28H28N6O3S. The average molecular weight is 529 g/mol. The molecule has 2 aromatic carbocycles. The molecule has 5 aromatic rings. The number of likely N-dealkylation sites (N-methyl/N-ethyl adjacent to an activating group) is 1. The molecule has 0 saturated heterocycles. The van der Waals surface area contributed by atoms with Gasteiger partial charge in [-0.05, 0) is 56.6 Å². The predicted molar refractivity (Wildman–Crippen MR) is 150 cm³/mol. The van der Waals surface area contributed by atoms with Crippen molar-refractivity contribution in [1.29, 1.82) is 0 Å². The molecule has 3 aromatic heterocycles. The Hall–Kier alpha value is -4.28. The SMILES string of the molecule is Cc1ncc(-c2ccc(C(=O)Nc3nc4cc(N(C)C(=O)c5ccccc5)ccc4n3CCN(C)C)s2)o1. The van der Waals surface area contributed by atoms with Crippen LogP contribution in [-0.4, -0.2) is 58.9 Å². The lowest BCUT2D eigenvalue weighted by Gasteiger charge is -2.17. The van der Waals surface area contributed by atoms with Crippen LogP contribution < -0.4 is 10.2 Å². The summed E-state index contributed by atoms with van der Waals surface area (Å²) in [6, 6.07) is 18.5. The molecule has 0 aliphatic rings. The number of rotatable bonds is 8. The quantitative estimate of drug-likeness (QED) is 0.299. The highest BCUT2D eigenvalue weighted by atomic mass is 32.1. The first kappa shape index (κ1) is 25.4. The first-order valence-electron chi connectivity index (χ1n) is 12.1. The molecular weight excluding hydrogens is 500 g/mol. The standard InChI is InChI=1S/C28H28N6O3S/c1-18-29-17-23(37-18)24-12-13-25(38-24)26(35)31-28-30-21-16-20(10-11-22(21)34(28)15-14-32(2)3)33(4)27(36)19-8-6-5-7-9-19/h5-13,16-17H,14-15H2,1-4H3,(H,30,31,35). The van der Waals surface area contributed by atoms with Crippen molar-refractivity contribution in [2.24, 2.45) is 0 Å². The number of nitrogens with one attached hydrogen (secondary N) is 1. The van der Waals surface area contributed by atoms with Gasteiger partial charge >= 0.3 is 0 Å².